The van der Waals surface area contributed by atoms with Gasteiger partial charge in [-0.25, -0.2) is 4.79 Å². The fourth-order valence-corrected chi connectivity index (χ4v) is 0.568. The van der Waals surface area contributed by atoms with Gasteiger partial charge < -0.3 is 25.6 Å². The monoisotopic (exact) mass is 164 g/mol. The minimum Gasteiger partial charge on any atom is -0.369 e. The summed E-state index contributed by atoms with van der Waals surface area (Å²) in [6.45, 7) is 0. The normalized spacial score (nSPS) is 13.1. The molecule has 0 bridgehead atoms. The van der Waals surface area contributed by atoms with E-state index in [0.717, 1.165) is 0 Å². The van der Waals surface area contributed by atoms with Gasteiger partial charge in [-0.2, -0.15) is 0 Å². The first kappa shape index (κ1) is 10.2. The molecule has 0 rings (SSSR count). The number of rotatable bonds is 4. The molecule has 0 aromatic heterocycles. The van der Waals surface area contributed by atoms with Crippen LogP contribution >= 0.6 is 0 Å². The van der Waals surface area contributed by atoms with Crippen LogP contribution in [0.25, 0.3) is 0 Å². The number of urea groups is 1. The number of hydrogen-bond acceptors (Lipinski definition) is 4. The van der Waals surface area contributed by atoms with Crippen molar-refractivity contribution in [2.45, 2.75) is 12.5 Å². The molecule has 11 heavy (non-hydrogen) atoms. The number of carbonyl (C=O) groups is 1. The van der Waals surface area contributed by atoms with Gasteiger partial charge in [-0.3, -0.25) is 0 Å². The van der Waals surface area contributed by atoms with Crippen molar-refractivity contribution in [2.24, 2.45) is 5.73 Å². The van der Waals surface area contributed by atoms with E-state index in [1.807, 2.05) is 5.32 Å². The maximum Gasteiger partial charge on any atom is 0.314 e. The Kier molecular flexibility index (Phi) is 4.51. The van der Waals surface area contributed by atoms with Crippen LogP contribution < -0.4 is 11.1 Å². The minimum absolute atomic E-state index is 0.836. The van der Waals surface area contributed by atoms with Crippen LogP contribution in [0.2, 0.25) is 0 Å². The number of methoxy groups -OCH3 is 2. The molecule has 4 N–H and O–H groups in total. The number of nitrogens with two attached hydrogens (primary N) is 1. The Balaban J connectivity index is 3.78. The lowest BCUT2D eigenvalue weighted by Gasteiger charge is -2.19. The highest BCUT2D eigenvalue weighted by molar-refractivity contribution is 5.71. The quantitative estimate of drug-likeness (QED) is 0.445. The zero-order chi connectivity index (χ0) is 8.85. The standard InChI is InChI=1S/C5H12N2O4/c1-10-4(11-2)3(8)7-5(6)9/h3-4,8H,1-2H3,(H3,6,7,9). The van der Waals surface area contributed by atoms with Crippen molar-refractivity contribution in [3.63, 3.8) is 0 Å². The van der Waals surface area contributed by atoms with E-state index in [-0.39, 0.29) is 0 Å². The first-order chi connectivity index (χ1) is 5.11. The molecule has 0 saturated heterocycles. The Bertz CT molecular complexity index is 126. The second-order valence-corrected chi connectivity index (χ2v) is 1.79. The van der Waals surface area contributed by atoms with Crippen molar-refractivity contribution in [3.05, 3.63) is 0 Å². The summed E-state index contributed by atoms with van der Waals surface area (Å²) in [6.07, 6.45) is -2.15. The van der Waals surface area contributed by atoms with Crippen LogP contribution in [0, 0.1) is 0 Å². The van der Waals surface area contributed by atoms with Crippen molar-refractivity contribution >= 4 is 6.03 Å². The summed E-state index contributed by atoms with van der Waals surface area (Å²) in [7, 11) is 2.67. The van der Waals surface area contributed by atoms with Gasteiger partial charge in [0.1, 0.15) is 0 Å². The predicted molar refractivity (Wildman–Crippen MR) is 36.5 cm³/mol. The van der Waals surface area contributed by atoms with Gasteiger partial charge in [0.15, 0.2) is 6.23 Å². The molecule has 0 radical (unpaired) electrons. The van der Waals surface area contributed by atoms with Crippen molar-refractivity contribution in [3.8, 4) is 0 Å². The van der Waals surface area contributed by atoms with Crippen molar-refractivity contribution < 1.29 is 19.4 Å². The molecule has 0 aromatic rings. The van der Waals surface area contributed by atoms with E-state index in [1.165, 1.54) is 14.2 Å². The van der Waals surface area contributed by atoms with Crippen LogP contribution in [-0.4, -0.2) is 37.9 Å². The first-order valence-electron chi connectivity index (χ1n) is 2.91. The van der Waals surface area contributed by atoms with Crippen LogP contribution in [0.5, 0.6) is 0 Å². The van der Waals surface area contributed by atoms with Crippen LogP contribution in [0.4, 0.5) is 4.79 Å². The second kappa shape index (κ2) is 4.89. The molecule has 0 aromatic carbocycles. The maximum absolute atomic E-state index is 10.2. The van der Waals surface area contributed by atoms with Crippen LogP contribution in [0.3, 0.4) is 0 Å². The molecular formula is C5H12N2O4. The molecule has 0 saturated carbocycles. The summed E-state index contributed by atoms with van der Waals surface area (Å²) in [5.74, 6) is 0. The molecule has 1 atom stereocenters. The minimum atomic E-state index is -1.25. The van der Waals surface area contributed by atoms with Gasteiger partial charge in [0.2, 0.25) is 6.29 Å². The number of nitrogens with one attached hydrogen (secondary N) is 1. The Morgan fingerprint density at radius 2 is 2.00 bits per heavy atom. The number of amides is 2. The summed E-state index contributed by atoms with van der Waals surface area (Å²) in [5.41, 5.74) is 4.72. The topological polar surface area (TPSA) is 93.8 Å². The van der Waals surface area contributed by atoms with Gasteiger partial charge in [0.05, 0.1) is 0 Å². The molecule has 2 amide bonds. The fourth-order valence-electron chi connectivity index (χ4n) is 0.568. The molecule has 1 unspecified atom stereocenters. The lowest BCUT2D eigenvalue weighted by Crippen LogP contribution is -2.47. The van der Waals surface area contributed by atoms with Gasteiger partial charge in [-0.05, 0) is 0 Å². The van der Waals surface area contributed by atoms with E-state index in [9.17, 15) is 4.79 Å². The van der Waals surface area contributed by atoms with Crippen molar-refractivity contribution in [1.29, 1.82) is 0 Å². The van der Waals surface area contributed by atoms with Gasteiger partial charge in [-0.1, -0.05) is 0 Å². The number of aliphatic hydroxyl groups is 1. The van der Waals surface area contributed by atoms with Crippen molar-refractivity contribution in [2.75, 3.05) is 14.2 Å². The van der Waals surface area contributed by atoms with E-state index >= 15 is 0 Å². The number of hydrogen-bond donors (Lipinski definition) is 3. The molecule has 0 aliphatic rings. The summed E-state index contributed by atoms with van der Waals surface area (Å²) in [6, 6.07) is -0.836. The van der Waals surface area contributed by atoms with E-state index in [0.29, 0.717) is 0 Å². The second-order valence-electron chi connectivity index (χ2n) is 1.79. The fraction of sp³-hybridized carbons (Fsp3) is 0.800. The maximum atomic E-state index is 10.2. The van der Waals surface area contributed by atoms with Gasteiger partial charge in [0.25, 0.3) is 0 Å². The summed E-state index contributed by atoms with van der Waals surface area (Å²) < 4.78 is 9.24. The van der Waals surface area contributed by atoms with E-state index in [1.54, 1.807) is 0 Å². The Morgan fingerprint density at radius 1 is 1.55 bits per heavy atom. The lowest BCUT2D eigenvalue weighted by molar-refractivity contribution is -0.168. The van der Waals surface area contributed by atoms with E-state index in [4.69, 9.17) is 10.8 Å². The van der Waals surface area contributed by atoms with Crippen LogP contribution in [0.15, 0.2) is 0 Å². The largest absolute Gasteiger partial charge is 0.369 e. The number of carbonyl (C=O) groups excluding carboxylic acids is 1. The summed E-state index contributed by atoms with van der Waals surface area (Å²) in [5, 5.41) is 11.0. The van der Waals surface area contributed by atoms with Crippen LogP contribution in [-0.2, 0) is 9.47 Å². The number of primary amides is 1. The van der Waals surface area contributed by atoms with E-state index < -0.39 is 18.5 Å². The molecule has 66 valence electrons. The number of aliphatic hydroxyl groups excluding tert-OH is 1. The molecular weight excluding hydrogens is 152 g/mol. The third-order valence-electron chi connectivity index (χ3n) is 1.01. The molecule has 0 aliphatic carbocycles. The Hall–Kier alpha value is -0.850. The summed E-state index contributed by atoms with van der Waals surface area (Å²) >= 11 is 0. The van der Waals surface area contributed by atoms with Gasteiger partial charge in [-0.15, -0.1) is 0 Å². The highest BCUT2D eigenvalue weighted by atomic mass is 16.7. The zero-order valence-electron chi connectivity index (χ0n) is 6.40. The molecule has 0 aliphatic heterocycles. The average Bonchev–Trinajstić information content (AvgIpc) is 1.88. The Labute approximate surface area is 64.3 Å². The molecule has 6 nitrogen and oxygen atoms in total. The third kappa shape index (κ3) is 3.76. The third-order valence-corrected chi connectivity index (χ3v) is 1.01. The van der Waals surface area contributed by atoms with E-state index in [2.05, 4.69) is 9.47 Å². The van der Waals surface area contributed by atoms with Gasteiger partial charge in [0, 0.05) is 14.2 Å². The highest BCUT2D eigenvalue weighted by Crippen LogP contribution is 1.94. The first-order valence-corrected chi connectivity index (χ1v) is 2.91. The predicted octanol–water partition coefficient (Wildman–Crippen LogP) is -1.41. The molecule has 0 fully saturated rings. The summed E-state index contributed by atoms with van der Waals surface area (Å²) in [4.78, 5) is 10.2. The van der Waals surface area contributed by atoms with Gasteiger partial charge >= 0.3 is 6.03 Å². The smallest absolute Gasteiger partial charge is 0.314 e. The van der Waals surface area contributed by atoms with Crippen molar-refractivity contribution in [1.82, 2.24) is 5.32 Å². The lowest BCUT2D eigenvalue weighted by atomic mass is 10.5. The van der Waals surface area contributed by atoms with Crippen LogP contribution in [0.1, 0.15) is 0 Å². The average molecular weight is 164 g/mol. The molecule has 6 heteroatoms. The molecule has 0 heterocycles. The zero-order valence-corrected chi connectivity index (χ0v) is 6.40. The molecule has 0 spiro atoms. The Morgan fingerprint density at radius 3 is 2.27 bits per heavy atom. The number of ether oxygens (including phenoxy) is 2. The SMILES string of the molecule is COC(OC)C(O)NC(N)=O. The highest BCUT2D eigenvalue weighted by Gasteiger charge is 2.18.